The number of allylic oxidation sites excluding steroid dienone is 1. The summed E-state index contributed by atoms with van der Waals surface area (Å²) in [6.45, 7) is 3.65. The number of carboxylic acids is 1. The Morgan fingerprint density at radius 2 is 2.06 bits per heavy atom. The molecule has 4 heteroatoms. The molecular weight excluding hydrogens is 220 g/mol. The molecule has 0 fully saturated rings. The highest BCUT2D eigenvalue weighted by Gasteiger charge is 2.14. The molecule has 17 heavy (non-hydrogen) atoms. The minimum absolute atomic E-state index is 0.0129. The van der Waals surface area contributed by atoms with E-state index < -0.39 is 5.97 Å². The van der Waals surface area contributed by atoms with Gasteiger partial charge in [-0.25, -0.2) is 0 Å². The Morgan fingerprint density at radius 1 is 1.41 bits per heavy atom. The standard InChI is InChI=1S/C13H16O4/c1-4-9(8-13(14)15)10-5-6-11(16-2)12(7-10)17-3/h4-7,9H,1,8H2,2-3H3,(H,14,15). The SMILES string of the molecule is C=CC(CC(=O)O)c1ccc(OC)c(OC)c1. The topological polar surface area (TPSA) is 55.8 Å². The van der Waals surface area contributed by atoms with Crippen LogP contribution < -0.4 is 9.47 Å². The highest BCUT2D eigenvalue weighted by molar-refractivity contribution is 5.68. The van der Waals surface area contributed by atoms with Crippen LogP contribution in [0.5, 0.6) is 11.5 Å². The van der Waals surface area contributed by atoms with Gasteiger partial charge in [-0.05, 0) is 17.7 Å². The zero-order chi connectivity index (χ0) is 12.8. The Hall–Kier alpha value is -1.97. The second-order valence-corrected chi connectivity index (χ2v) is 3.55. The molecule has 0 aliphatic carbocycles. The molecule has 0 spiro atoms. The molecule has 4 nitrogen and oxygen atoms in total. The van der Waals surface area contributed by atoms with Crippen LogP contribution >= 0.6 is 0 Å². The lowest BCUT2D eigenvalue weighted by molar-refractivity contribution is -0.137. The number of benzene rings is 1. The lowest BCUT2D eigenvalue weighted by Crippen LogP contribution is -2.04. The van der Waals surface area contributed by atoms with Gasteiger partial charge in [0.05, 0.1) is 20.6 Å². The van der Waals surface area contributed by atoms with Gasteiger partial charge in [0.15, 0.2) is 11.5 Å². The Labute approximate surface area is 100 Å². The Bertz CT molecular complexity index is 412. The van der Waals surface area contributed by atoms with Gasteiger partial charge in [-0.15, -0.1) is 6.58 Å². The molecule has 92 valence electrons. The average molecular weight is 236 g/mol. The van der Waals surface area contributed by atoms with E-state index >= 15 is 0 Å². The van der Waals surface area contributed by atoms with Crippen LogP contribution in [0.1, 0.15) is 17.9 Å². The lowest BCUT2D eigenvalue weighted by atomic mass is 9.95. The number of carboxylic acid groups (broad SMARTS) is 1. The number of methoxy groups -OCH3 is 2. The van der Waals surface area contributed by atoms with E-state index in [1.807, 2.05) is 6.07 Å². The fraction of sp³-hybridized carbons (Fsp3) is 0.308. The molecule has 0 aliphatic heterocycles. The predicted molar refractivity (Wildman–Crippen MR) is 64.7 cm³/mol. The van der Waals surface area contributed by atoms with E-state index in [0.29, 0.717) is 11.5 Å². The molecule has 0 heterocycles. The smallest absolute Gasteiger partial charge is 0.304 e. The number of ether oxygens (including phenoxy) is 2. The molecule has 1 aromatic carbocycles. The zero-order valence-corrected chi connectivity index (χ0v) is 9.97. The lowest BCUT2D eigenvalue weighted by Gasteiger charge is -2.13. The Kier molecular flexibility index (Phi) is 4.57. The summed E-state index contributed by atoms with van der Waals surface area (Å²) in [6.07, 6.45) is 1.63. The van der Waals surface area contributed by atoms with E-state index in [0.717, 1.165) is 5.56 Å². The minimum atomic E-state index is -0.857. The second-order valence-electron chi connectivity index (χ2n) is 3.55. The summed E-state index contributed by atoms with van der Waals surface area (Å²) < 4.78 is 10.3. The van der Waals surface area contributed by atoms with Gasteiger partial charge in [-0.1, -0.05) is 12.1 Å². The first-order valence-electron chi connectivity index (χ1n) is 5.18. The van der Waals surface area contributed by atoms with Crippen LogP contribution in [0.25, 0.3) is 0 Å². The van der Waals surface area contributed by atoms with Crippen LogP contribution in [-0.4, -0.2) is 25.3 Å². The van der Waals surface area contributed by atoms with Gasteiger partial charge in [-0.2, -0.15) is 0 Å². The summed E-state index contributed by atoms with van der Waals surface area (Å²) in [6, 6.07) is 5.34. The molecule has 0 aliphatic rings. The van der Waals surface area contributed by atoms with E-state index in [9.17, 15) is 4.79 Å². The quantitative estimate of drug-likeness (QED) is 0.771. The molecule has 0 bridgehead atoms. The number of carbonyl (C=O) groups is 1. The number of rotatable bonds is 6. The van der Waals surface area contributed by atoms with Crippen LogP contribution in [0, 0.1) is 0 Å². The fourth-order valence-corrected chi connectivity index (χ4v) is 1.61. The maximum atomic E-state index is 10.7. The van der Waals surface area contributed by atoms with Crippen molar-refractivity contribution in [2.45, 2.75) is 12.3 Å². The van der Waals surface area contributed by atoms with Crippen LogP contribution in [0.3, 0.4) is 0 Å². The van der Waals surface area contributed by atoms with Crippen molar-refractivity contribution < 1.29 is 19.4 Å². The van der Waals surface area contributed by atoms with Gasteiger partial charge in [0.25, 0.3) is 0 Å². The molecule has 1 unspecified atom stereocenters. The third kappa shape index (κ3) is 3.24. The van der Waals surface area contributed by atoms with E-state index in [4.69, 9.17) is 14.6 Å². The van der Waals surface area contributed by atoms with Crippen LogP contribution in [0.15, 0.2) is 30.9 Å². The van der Waals surface area contributed by atoms with Crippen molar-refractivity contribution in [2.75, 3.05) is 14.2 Å². The van der Waals surface area contributed by atoms with Crippen LogP contribution in [0.2, 0.25) is 0 Å². The molecule has 1 aromatic rings. The minimum Gasteiger partial charge on any atom is -0.493 e. The first kappa shape index (κ1) is 13.1. The van der Waals surface area contributed by atoms with Gasteiger partial charge in [-0.3, -0.25) is 4.79 Å². The molecule has 1 rings (SSSR count). The summed E-state index contributed by atoms with van der Waals surface area (Å²) >= 11 is 0. The van der Waals surface area contributed by atoms with Crippen molar-refractivity contribution in [3.05, 3.63) is 36.4 Å². The molecule has 1 N–H and O–H groups in total. The molecular formula is C13H16O4. The van der Waals surface area contributed by atoms with Crippen LogP contribution in [-0.2, 0) is 4.79 Å². The average Bonchev–Trinajstić information content (AvgIpc) is 2.34. The van der Waals surface area contributed by atoms with Crippen molar-refractivity contribution in [3.63, 3.8) is 0 Å². The first-order chi connectivity index (χ1) is 8.12. The van der Waals surface area contributed by atoms with E-state index in [1.165, 1.54) is 0 Å². The summed E-state index contributed by atoms with van der Waals surface area (Å²) in [5, 5.41) is 8.80. The summed E-state index contributed by atoms with van der Waals surface area (Å²) in [4.78, 5) is 10.7. The van der Waals surface area contributed by atoms with Gasteiger partial charge in [0.2, 0.25) is 0 Å². The zero-order valence-electron chi connectivity index (χ0n) is 9.97. The summed E-state index contributed by atoms with van der Waals surface area (Å²) in [5.41, 5.74) is 0.847. The third-order valence-electron chi connectivity index (χ3n) is 2.51. The van der Waals surface area contributed by atoms with Crippen LogP contribution in [0.4, 0.5) is 0 Å². The van der Waals surface area contributed by atoms with Gasteiger partial charge in [0.1, 0.15) is 0 Å². The van der Waals surface area contributed by atoms with Crippen molar-refractivity contribution in [3.8, 4) is 11.5 Å². The molecule has 0 saturated carbocycles. The molecule has 0 amide bonds. The Morgan fingerprint density at radius 3 is 2.53 bits per heavy atom. The Balaban J connectivity index is 3.04. The van der Waals surface area contributed by atoms with Crippen molar-refractivity contribution in [1.82, 2.24) is 0 Å². The van der Waals surface area contributed by atoms with Gasteiger partial charge < -0.3 is 14.6 Å². The van der Waals surface area contributed by atoms with E-state index in [1.54, 1.807) is 32.4 Å². The molecule has 0 saturated heterocycles. The number of aliphatic carboxylic acids is 1. The van der Waals surface area contributed by atoms with Gasteiger partial charge in [0, 0.05) is 5.92 Å². The van der Waals surface area contributed by atoms with Crippen molar-refractivity contribution in [1.29, 1.82) is 0 Å². The monoisotopic (exact) mass is 236 g/mol. The maximum Gasteiger partial charge on any atom is 0.304 e. The van der Waals surface area contributed by atoms with Crippen molar-refractivity contribution in [2.24, 2.45) is 0 Å². The largest absolute Gasteiger partial charge is 0.493 e. The van der Waals surface area contributed by atoms with Crippen molar-refractivity contribution >= 4 is 5.97 Å². The maximum absolute atomic E-state index is 10.7. The number of hydrogen-bond acceptors (Lipinski definition) is 3. The summed E-state index contributed by atoms with van der Waals surface area (Å²) in [5.74, 6) is 0.119. The first-order valence-corrected chi connectivity index (χ1v) is 5.18. The molecule has 0 radical (unpaired) electrons. The molecule has 0 aromatic heterocycles. The number of hydrogen-bond donors (Lipinski definition) is 1. The highest BCUT2D eigenvalue weighted by Crippen LogP contribution is 2.32. The predicted octanol–water partition coefficient (Wildman–Crippen LogP) is 2.45. The normalized spacial score (nSPS) is 11.6. The fourth-order valence-electron chi connectivity index (χ4n) is 1.61. The third-order valence-corrected chi connectivity index (χ3v) is 2.51. The molecule has 1 atom stereocenters. The second kappa shape index (κ2) is 5.94. The highest BCUT2D eigenvalue weighted by atomic mass is 16.5. The van der Waals surface area contributed by atoms with E-state index in [-0.39, 0.29) is 12.3 Å². The van der Waals surface area contributed by atoms with E-state index in [2.05, 4.69) is 6.58 Å². The van der Waals surface area contributed by atoms with Gasteiger partial charge >= 0.3 is 5.97 Å². The summed E-state index contributed by atoms with van der Waals surface area (Å²) in [7, 11) is 3.10.